The van der Waals surface area contributed by atoms with Gasteiger partial charge in [0.15, 0.2) is 0 Å². The van der Waals surface area contributed by atoms with Crippen molar-refractivity contribution in [2.45, 2.75) is 40.2 Å². The lowest BCUT2D eigenvalue weighted by Gasteiger charge is -2.34. The fourth-order valence-electron chi connectivity index (χ4n) is 4.45. The summed E-state index contributed by atoms with van der Waals surface area (Å²) in [6, 6.07) is 16.3. The molecule has 1 fully saturated rings. The van der Waals surface area contributed by atoms with Crippen LogP contribution < -0.4 is 0 Å². The molecule has 2 aromatic carbocycles. The van der Waals surface area contributed by atoms with Crippen molar-refractivity contribution in [2.24, 2.45) is 0 Å². The minimum absolute atomic E-state index is 0.133. The van der Waals surface area contributed by atoms with Gasteiger partial charge in [0, 0.05) is 50.3 Å². The molecule has 0 saturated carbocycles. The molecule has 1 amide bonds. The molecule has 1 aliphatic heterocycles. The van der Waals surface area contributed by atoms with Crippen molar-refractivity contribution in [3.8, 4) is 11.4 Å². The highest BCUT2D eigenvalue weighted by Crippen LogP contribution is 2.17. The fraction of sp³-hybridized carbons (Fsp3) is 0.464. The molecule has 0 unspecified atom stereocenters. The summed E-state index contributed by atoms with van der Waals surface area (Å²) in [4.78, 5) is 24.3. The van der Waals surface area contributed by atoms with Crippen molar-refractivity contribution in [3.63, 3.8) is 0 Å². The lowest BCUT2D eigenvalue weighted by molar-refractivity contribution is 0.0635. The van der Waals surface area contributed by atoms with Gasteiger partial charge in [-0.3, -0.25) is 14.6 Å². The van der Waals surface area contributed by atoms with Gasteiger partial charge in [-0.15, -0.1) is 0 Å². The second-order valence-electron chi connectivity index (χ2n) is 9.27. The highest BCUT2D eigenvalue weighted by atomic mass is 16.5. The van der Waals surface area contributed by atoms with Crippen molar-refractivity contribution in [2.75, 3.05) is 45.8 Å². The van der Waals surface area contributed by atoms with Gasteiger partial charge >= 0.3 is 0 Å². The van der Waals surface area contributed by atoms with Crippen molar-refractivity contribution in [3.05, 3.63) is 71.1 Å². The molecule has 1 aromatic heterocycles. The number of benzene rings is 2. The molecule has 0 radical (unpaired) electrons. The van der Waals surface area contributed by atoms with Crippen LogP contribution in [0.1, 0.15) is 47.6 Å². The zero-order chi connectivity index (χ0) is 24.6. The summed E-state index contributed by atoms with van der Waals surface area (Å²) in [5, 5.41) is 4.12. The maximum absolute atomic E-state index is 13.0. The highest BCUT2D eigenvalue weighted by molar-refractivity contribution is 5.94. The Kier molecular flexibility index (Phi) is 8.66. The van der Waals surface area contributed by atoms with Gasteiger partial charge < -0.3 is 9.42 Å². The number of hydrogen-bond donors (Lipinski definition) is 0. The molecule has 0 aliphatic carbocycles. The van der Waals surface area contributed by atoms with Gasteiger partial charge in [-0.05, 0) is 50.7 Å². The topological polar surface area (TPSA) is 65.7 Å². The van der Waals surface area contributed by atoms with E-state index in [1.54, 1.807) is 0 Å². The number of aromatic nitrogens is 2. The van der Waals surface area contributed by atoms with E-state index >= 15 is 0 Å². The SMILES string of the molecule is CCN(CC)Cc1ccc(C(=O)N2CCN(CCCc3nc(-c4ccc(C)cc4)no3)CC2)cc1. The third-order valence-electron chi connectivity index (χ3n) is 6.80. The minimum Gasteiger partial charge on any atom is -0.339 e. The maximum Gasteiger partial charge on any atom is 0.253 e. The number of nitrogens with zero attached hydrogens (tertiary/aromatic N) is 5. The second kappa shape index (κ2) is 12.1. The molecule has 1 saturated heterocycles. The zero-order valence-corrected chi connectivity index (χ0v) is 21.2. The van der Waals surface area contributed by atoms with Crippen LogP contribution in [0.4, 0.5) is 0 Å². The number of carbonyl (C=O) groups is 1. The lowest BCUT2D eigenvalue weighted by Crippen LogP contribution is -2.48. The average molecular weight is 476 g/mol. The number of aryl methyl sites for hydroxylation is 2. The van der Waals surface area contributed by atoms with E-state index in [0.717, 1.165) is 76.3 Å². The summed E-state index contributed by atoms with van der Waals surface area (Å²) in [6.07, 6.45) is 1.72. The van der Waals surface area contributed by atoms with Crippen LogP contribution in [0.25, 0.3) is 11.4 Å². The van der Waals surface area contributed by atoms with E-state index in [-0.39, 0.29) is 5.91 Å². The first-order chi connectivity index (χ1) is 17.1. The molecule has 35 heavy (non-hydrogen) atoms. The van der Waals surface area contributed by atoms with E-state index in [1.165, 1.54) is 11.1 Å². The Morgan fingerprint density at radius 3 is 2.31 bits per heavy atom. The molecule has 1 aliphatic rings. The first kappa shape index (κ1) is 25.1. The molecule has 7 nitrogen and oxygen atoms in total. The number of hydrogen-bond acceptors (Lipinski definition) is 6. The Labute approximate surface area is 208 Å². The number of piperazine rings is 1. The molecule has 0 spiro atoms. The van der Waals surface area contributed by atoms with Crippen LogP contribution in [-0.2, 0) is 13.0 Å². The predicted molar refractivity (Wildman–Crippen MR) is 138 cm³/mol. The maximum atomic E-state index is 13.0. The smallest absolute Gasteiger partial charge is 0.253 e. The van der Waals surface area contributed by atoms with Crippen LogP contribution in [0, 0.1) is 6.92 Å². The third-order valence-corrected chi connectivity index (χ3v) is 6.80. The van der Waals surface area contributed by atoms with E-state index < -0.39 is 0 Å². The van der Waals surface area contributed by atoms with Gasteiger partial charge in [-0.25, -0.2) is 0 Å². The second-order valence-corrected chi connectivity index (χ2v) is 9.27. The summed E-state index contributed by atoms with van der Waals surface area (Å²) < 4.78 is 5.44. The van der Waals surface area contributed by atoms with Gasteiger partial charge in [0.2, 0.25) is 11.7 Å². The molecule has 2 heterocycles. The molecule has 186 valence electrons. The summed E-state index contributed by atoms with van der Waals surface area (Å²) in [5.74, 6) is 1.46. The predicted octanol–water partition coefficient (Wildman–Crippen LogP) is 4.28. The number of amides is 1. The molecule has 3 aromatic rings. The largest absolute Gasteiger partial charge is 0.339 e. The quantitative estimate of drug-likeness (QED) is 0.436. The Morgan fingerprint density at radius 2 is 1.66 bits per heavy atom. The molecule has 7 heteroatoms. The first-order valence-electron chi connectivity index (χ1n) is 12.8. The van der Waals surface area contributed by atoms with E-state index in [0.29, 0.717) is 11.7 Å². The summed E-state index contributed by atoms with van der Waals surface area (Å²) in [6.45, 7) is 13.7. The zero-order valence-electron chi connectivity index (χ0n) is 21.2. The van der Waals surface area contributed by atoms with Gasteiger partial charge in [0.05, 0.1) is 0 Å². The standard InChI is InChI=1S/C28H37N5O2/c1-4-31(5-2)21-23-10-14-25(15-11-23)28(34)33-19-17-32(18-20-33)16-6-7-26-29-27(30-35-26)24-12-8-22(3)9-13-24/h8-15H,4-7,16-21H2,1-3H3. The van der Waals surface area contributed by atoms with Crippen LogP contribution in [0.15, 0.2) is 53.1 Å². The van der Waals surface area contributed by atoms with Gasteiger partial charge in [-0.2, -0.15) is 4.98 Å². The van der Waals surface area contributed by atoms with Crippen LogP contribution in [0.2, 0.25) is 0 Å². The summed E-state index contributed by atoms with van der Waals surface area (Å²) >= 11 is 0. The Morgan fingerprint density at radius 1 is 0.971 bits per heavy atom. The first-order valence-corrected chi connectivity index (χ1v) is 12.8. The highest BCUT2D eigenvalue weighted by Gasteiger charge is 2.22. The normalized spacial score (nSPS) is 14.6. The monoisotopic (exact) mass is 475 g/mol. The Bertz CT molecular complexity index is 1070. The van der Waals surface area contributed by atoms with Crippen molar-refractivity contribution in [1.29, 1.82) is 0 Å². The van der Waals surface area contributed by atoms with Crippen LogP contribution in [0.5, 0.6) is 0 Å². The van der Waals surface area contributed by atoms with E-state index in [1.807, 2.05) is 29.2 Å². The van der Waals surface area contributed by atoms with Crippen molar-refractivity contribution < 1.29 is 9.32 Å². The van der Waals surface area contributed by atoms with Crippen molar-refractivity contribution in [1.82, 2.24) is 24.8 Å². The van der Waals surface area contributed by atoms with E-state index in [2.05, 4.69) is 65.0 Å². The van der Waals surface area contributed by atoms with Gasteiger partial charge in [-0.1, -0.05) is 61.0 Å². The van der Waals surface area contributed by atoms with Gasteiger partial charge in [0.25, 0.3) is 5.91 Å². The van der Waals surface area contributed by atoms with Crippen molar-refractivity contribution >= 4 is 5.91 Å². The van der Waals surface area contributed by atoms with Gasteiger partial charge in [0.1, 0.15) is 0 Å². The molecular weight excluding hydrogens is 438 g/mol. The van der Waals surface area contributed by atoms with E-state index in [4.69, 9.17) is 4.52 Å². The molecule has 0 N–H and O–H groups in total. The summed E-state index contributed by atoms with van der Waals surface area (Å²) in [7, 11) is 0. The number of carbonyl (C=O) groups excluding carboxylic acids is 1. The Balaban J connectivity index is 1.19. The lowest BCUT2D eigenvalue weighted by atomic mass is 10.1. The molecule has 0 bridgehead atoms. The number of rotatable bonds is 10. The average Bonchev–Trinajstić information content (AvgIpc) is 3.37. The van der Waals surface area contributed by atoms with Crippen LogP contribution >= 0.6 is 0 Å². The van der Waals surface area contributed by atoms with Crippen LogP contribution in [0.3, 0.4) is 0 Å². The minimum atomic E-state index is 0.133. The van der Waals surface area contributed by atoms with E-state index in [9.17, 15) is 4.79 Å². The molecule has 4 rings (SSSR count). The van der Waals surface area contributed by atoms with Crippen LogP contribution in [-0.4, -0.2) is 76.6 Å². The Hall–Kier alpha value is -3.03. The molecular formula is C28H37N5O2. The molecule has 0 atom stereocenters. The fourth-order valence-corrected chi connectivity index (χ4v) is 4.45. The summed E-state index contributed by atoms with van der Waals surface area (Å²) in [5.41, 5.74) is 4.22. The third kappa shape index (κ3) is 6.77.